The molecule has 1 aliphatic heterocycles. The summed E-state index contributed by atoms with van der Waals surface area (Å²) in [6, 6.07) is 2.70. The smallest absolute Gasteiger partial charge is 0.133 e. The minimum absolute atomic E-state index is 0.566. The predicted molar refractivity (Wildman–Crippen MR) is 80.5 cm³/mol. The monoisotopic (exact) mass is 262 g/mol. The number of nitrogens with zero attached hydrogens (tertiary/aromatic N) is 3. The van der Waals surface area contributed by atoms with Crippen LogP contribution in [0.25, 0.3) is 0 Å². The van der Waals surface area contributed by atoms with Crippen molar-refractivity contribution < 1.29 is 0 Å². The number of piperazine rings is 1. The fraction of sp³-hybridized carbons (Fsp3) is 0.667. The van der Waals surface area contributed by atoms with Crippen LogP contribution >= 0.6 is 0 Å². The highest BCUT2D eigenvalue weighted by atomic mass is 15.3. The van der Waals surface area contributed by atoms with E-state index >= 15 is 0 Å². The van der Waals surface area contributed by atoms with Gasteiger partial charge < -0.3 is 10.6 Å². The summed E-state index contributed by atoms with van der Waals surface area (Å²) in [6.45, 7) is 13.6. The van der Waals surface area contributed by atoms with E-state index < -0.39 is 0 Å². The van der Waals surface area contributed by atoms with Gasteiger partial charge in [0.1, 0.15) is 5.82 Å². The molecule has 2 N–H and O–H groups in total. The minimum Gasteiger partial charge on any atom is -0.353 e. The van der Waals surface area contributed by atoms with E-state index in [0.29, 0.717) is 12.6 Å². The standard InChI is InChI=1S/C15H26N4/c1-5-18-6-7-19(10-13(18)4)15-14(9-16)11(2)8-12(3)17-15/h8,13H,5-7,9-10,16H2,1-4H3. The Morgan fingerprint density at radius 2 is 2.11 bits per heavy atom. The van der Waals surface area contributed by atoms with Gasteiger partial charge >= 0.3 is 0 Å². The zero-order chi connectivity index (χ0) is 14.0. The molecular formula is C15H26N4. The van der Waals surface area contributed by atoms with Crippen LogP contribution in [0.5, 0.6) is 0 Å². The molecule has 1 aliphatic rings. The summed E-state index contributed by atoms with van der Waals surface area (Å²) in [5.74, 6) is 1.10. The van der Waals surface area contributed by atoms with E-state index in [1.165, 1.54) is 11.1 Å². The molecule has 0 radical (unpaired) electrons. The number of aromatic nitrogens is 1. The molecule has 0 saturated carbocycles. The highest BCUT2D eigenvalue weighted by Gasteiger charge is 2.25. The third-order valence-corrected chi connectivity index (χ3v) is 4.13. The van der Waals surface area contributed by atoms with E-state index in [0.717, 1.165) is 37.7 Å². The molecule has 1 aromatic rings. The zero-order valence-electron chi connectivity index (χ0n) is 12.6. The lowest BCUT2D eigenvalue weighted by Crippen LogP contribution is -2.52. The number of aryl methyl sites for hydroxylation is 2. The van der Waals surface area contributed by atoms with Crippen molar-refractivity contribution in [2.45, 2.75) is 40.3 Å². The summed E-state index contributed by atoms with van der Waals surface area (Å²) in [7, 11) is 0. The minimum atomic E-state index is 0.566. The fourth-order valence-electron chi connectivity index (χ4n) is 3.01. The Hall–Kier alpha value is -1.13. The molecule has 4 nitrogen and oxygen atoms in total. The molecule has 1 atom stereocenters. The van der Waals surface area contributed by atoms with Gasteiger partial charge in [-0.1, -0.05) is 6.92 Å². The van der Waals surface area contributed by atoms with Crippen LogP contribution in [0.2, 0.25) is 0 Å². The normalized spacial score (nSPS) is 20.9. The molecule has 0 spiro atoms. The Balaban J connectivity index is 2.27. The number of anilines is 1. The molecule has 1 fully saturated rings. The lowest BCUT2D eigenvalue weighted by atomic mass is 10.1. The van der Waals surface area contributed by atoms with Crippen molar-refractivity contribution in [3.8, 4) is 0 Å². The van der Waals surface area contributed by atoms with Crippen molar-refractivity contribution >= 4 is 5.82 Å². The highest BCUT2D eigenvalue weighted by molar-refractivity contribution is 5.52. The number of hydrogen-bond donors (Lipinski definition) is 1. The average Bonchev–Trinajstić information content (AvgIpc) is 2.37. The number of likely N-dealkylation sites (N-methyl/N-ethyl adjacent to an activating group) is 1. The molecule has 19 heavy (non-hydrogen) atoms. The topological polar surface area (TPSA) is 45.4 Å². The number of hydrogen-bond acceptors (Lipinski definition) is 4. The maximum atomic E-state index is 5.92. The van der Waals surface area contributed by atoms with Gasteiger partial charge in [-0.15, -0.1) is 0 Å². The summed E-state index contributed by atoms with van der Waals surface area (Å²) in [6.07, 6.45) is 0. The van der Waals surface area contributed by atoms with E-state index in [2.05, 4.69) is 43.6 Å². The summed E-state index contributed by atoms with van der Waals surface area (Å²) in [5.41, 5.74) is 9.45. The van der Waals surface area contributed by atoms with Gasteiger partial charge in [-0.3, -0.25) is 4.90 Å². The third kappa shape index (κ3) is 2.90. The van der Waals surface area contributed by atoms with Crippen molar-refractivity contribution in [2.24, 2.45) is 5.73 Å². The van der Waals surface area contributed by atoms with Crippen LogP contribution < -0.4 is 10.6 Å². The van der Waals surface area contributed by atoms with E-state index in [-0.39, 0.29) is 0 Å². The van der Waals surface area contributed by atoms with Crippen molar-refractivity contribution in [1.29, 1.82) is 0 Å². The van der Waals surface area contributed by atoms with Gasteiger partial charge in [0.25, 0.3) is 0 Å². The van der Waals surface area contributed by atoms with Crippen LogP contribution in [0.15, 0.2) is 6.07 Å². The van der Waals surface area contributed by atoms with Gasteiger partial charge in [-0.2, -0.15) is 0 Å². The van der Waals surface area contributed by atoms with Gasteiger partial charge in [0.05, 0.1) is 0 Å². The van der Waals surface area contributed by atoms with Gasteiger partial charge in [-0.05, 0) is 38.9 Å². The fourth-order valence-corrected chi connectivity index (χ4v) is 3.01. The highest BCUT2D eigenvalue weighted by Crippen LogP contribution is 2.24. The molecule has 1 saturated heterocycles. The number of rotatable bonds is 3. The molecule has 2 heterocycles. The Kier molecular flexibility index (Phi) is 4.42. The molecule has 0 amide bonds. The van der Waals surface area contributed by atoms with Crippen LogP contribution in [-0.2, 0) is 6.54 Å². The average molecular weight is 262 g/mol. The lowest BCUT2D eigenvalue weighted by molar-refractivity contribution is 0.199. The van der Waals surface area contributed by atoms with Crippen LogP contribution in [0.1, 0.15) is 30.7 Å². The van der Waals surface area contributed by atoms with Crippen LogP contribution in [0.3, 0.4) is 0 Å². The number of pyridine rings is 1. The molecule has 0 aliphatic carbocycles. The van der Waals surface area contributed by atoms with Crippen LogP contribution in [0.4, 0.5) is 5.82 Å². The first kappa shape index (κ1) is 14.3. The molecule has 106 valence electrons. The van der Waals surface area contributed by atoms with Gasteiger partial charge in [0.2, 0.25) is 0 Å². The Morgan fingerprint density at radius 3 is 2.68 bits per heavy atom. The summed E-state index contributed by atoms with van der Waals surface area (Å²) in [4.78, 5) is 9.66. The van der Waals surface area contributed by atoms with Crippen molar-refractivity contribution in [2.75, 3.05) is 31.1 Å². The molecule has 1 aromatic heterocycles. The first-order chi connectivity index (χ1) is 9.06. The zero-order valence-corrected chi connectivity index (χ0v) is 12.6. The van der Waals surface area contributed by atoms with Gasteiger partial charge in [0, 0.05) is 43.5 Å². The second-order valence-electron chi connectivity index (χ2n) is 5.51. The maximum Gasteiger partial charge on any atom is 0.133 e. The van der Waals surface area contributed by atoms with Gasteiger partial charge in [0.15, 0.2) is 0 Å². The van der Waals surface area contributed by atoms with Crippen molar-refractivity contribution in [1.82, 2.24) is 9.88 Å². The Labute approximate surface area is 116 Å². The largest absolute Gasteiger partial charge is 0.353 e. The lowest BCUT2D eigenvalue weighted by Gasteiger charge is -2.40. The molecule has 1 unspecified atom stereocenters. The summed E-state index contributed by atoms with van der Waals surface area (Å²) < 4.78 is 0. The van der Waals surface area contributed by atoms with Crippen LogP contribution in [-0.4, -0.2) is 42.1 Å². The molecule has 4 heteroatoms. The summed E-state index contributed by atoms with van der Waals surface area (Å²) in [5, 5.41) is 0. The van der Waals surface area contributed by atoms with E-state index in [4.69, 9.17) is 10.7 Å². The van der Waals surface area contributed by atoms with Crippen LogP contribution in [0, 0.1) is 13.8 Å². The van der Waals surface area contributed by atoms with E-state index in [1.54, 1.807) is 0 Å². The quantitative estimate of drug-likeness (QED) is 0.900. The Morgan fingerprint density at radius 1 is 1.37 bits per heavy atom. The second kappa shape index (κ2) is 5.88. The SMILES string of the molecule is CCN1CCN(c2nc(C)cc(C)c2CN)CC1C. The van der Waals surface area contributed by atoms with E-state index in [1.807, 2.05) is 0 Å². The Bertz CT molecular complexity index is 444. The first-order valence-electron chi connectivity index (χ1n) is 7.23. The molecule has 2 rings (SSSR count). The number of nitrogens with two attached hydrogens (primary N) is 1. The summed E-state index contributed by atoms with van der Waals surface area (Å²) >= 11 is 0. The molecular weight excluding hydrogens is 236 g/mol. The van der Waals surface area contributed by atoms with Crippen molar-refractivity contribution in [3.63, 3.8) is 0 Å². The molecule has 0 bridgehead atoms. The van der Waals surface area contributed by atoms with Crippen molar-refractivity contribution in [3.05, 3.63) is 22.9 Å². The van der Waals surface area contributed by atoms with Gasteiger partial charge in [-0.25, -0.2) is 4.98 Å². The van der Waals surface area contributed by atoms with E-state index in [9.17, 15) is 0 Å². The second-order valence-corrected chi connectivity index (χ2v) is 5.51. The maximum absolute atomic E-state index is 5.92. The molecule has 0 aromatic carbocycles. The predicted octanol–water partition coefficient (Wildman–Crippen LogP) is 1.69. The first-order valence-corrected chi connectivity index (χ1v) is 7.23. The third-order valence-electron chi connectivity index (χ3n) is 4.13.